The van der Waals surface area contributed by atoms with Crippen molar-refractivity contribution in [2.24, 2.45) is 0 Å². The zero-order valence-electron chi connectivity index (χ0n) is 15.0. The predicted molar refractivity (Wildman–Crippen MR) is 113 cm³/mol. The van der Waals surface area contributed by atoms with Gasteiger partial charge in [-0.1, -0.05) is 48.0 Å². The second-order valence-electron chi connectivity index (χ2n) is 6.36. The molecule has 0 amide bonds. The van der Waals surface area contributed by atoms with Gasteiger partial charge in [-0.2, -0.15) is 5.26 Å². The van der Waals surface area contributed by atoms with Gasteiger partial charge in [-0.3, -0.25) is 10.1 Å². The fraction of sp³-hybridized carbons (Fsp3) is 0. The van der Waals surface area contributed by atoms with Crippen molar-refractivity contribution in [2.45, 2.75) is 0 Å². The molecule has 1 aromatic heterocycles. The van der Waals surface area contributed by atoms with E-state index < -0.39 is 4.92 Å². The van der Waals surface area contributed by atoms with Gasteiger partial charge in [0.2, 0.25) is 0 Å². The summed E-state index contributed by atoms with van der Waals surface area (Å²) in [6.07, 6.45) is 1.65. The summed E-state index contributed by atoms with van der Waals surface area (Å²) in [6, 6.07) is 23.8. The number of nitro benzene ring substituents is 1. The van der Waals surface area contributed by atoms with Gasteiger partial charge >= 0.3 is 0 Å². The van der Waals surface area contributed by atoms with Gasteiger partial charge in [-0.05, 0) is 52.7 Å². The van der Waals surface area contributed by atoms with Crippen LogP contribution in [0.4, 0.5) is 5.69 Å². The molecular formula is C23H13ClN2O3. The Labute approximate surface area is 171 Å². The maximum absolute atomic E-state index is 11.1. The number of nitro groups is 1. The topological polar surface area (TPSA) is 80.1 Å². The summed E-state index contributed by atoms with van der Waals surface area (Å²) in [5.41, 5.74) is 1.58. The number of halogens is 1. The van der Waals surface area contributed by atoms with Crippen molar-refractivity contribution in [3.63, 3.8) is 0 Å². The summed E-state index contributed by atoms with van der Waals surface area (Å²) in [7, 11) is 0. The first-order chi connectivity index (χ1) is 14.0. The highest BCUT2D eigenvalue weighted by Gasteiger charge is 2.15. The monoisotopic (exact) mass is 400 g/mol. The minimum Gasteiger partial charge on any atom is -0.457 e. The molecule has 0 saturated carbocycles. The zero-order chi connectivity index (χ0) is 20.4. The highest BCUT2D eigenvalue weighted by molar-refractivity contribution is 6.32. The van der Waals surface area contributed by atoms with Crippen molar-refractivity contribution in [3.8, 4) is 17.4 Å². The molecule has 0 aliphatic carbocycles. The number of hydrogen-bond acceptors (Lipinski definition) is 4. The standard InChI is InChI=1S/C23H13ClN2O3/c24-21-9-7-18(13-22(21)26(27)28)23-10-8-20(29-23)12-19(14-25)17-6-5-15-3-1-2-4-16(15)11-17/h1-13H. The van der Waals surface area contributed by atoms with Crippen molar-refractivity contribution in [3.05, 3.63) is 99.3 Å². The Morgan fingerprint density at radius 3 is 2.59 bits per heavy atom. The second-order valence-corrected chi connectivity index (χ2v) is 6.76. The molecule has 0 saturated heterocycles. The molecule has 0 fully saturated rings. The average Bonchev–Trinajstić information content (AvgIpc) is 3.20. The van der Waals surface area contributed by atoms with E-state index in [-0.39, 0.29) is 10.7 Å². The van der Waals surface area contributed by atoms with Gasteiger partial charge in [-0.15, -0.1) is 0 Å². The second kappa shape index (κ2) is 7.63. The number of fused-ring (bicyclic) bond motifs is 1. The Kier molecular flexibility index (Phi) is 4.86. The van der Waals surface area contributed by atoms with Gasteiger partial charge in [0.15, 0.2) is 0 Å². The molecule has 140 valence electrons. The smallest absolute Gasteiger partial charge is 0.288 e. The molecular weight excluding hydrogens is 388 g/mol. The Bertz CT molecular complexity index is 1320. The normalized spacial score (nSPS) is 11.4. The summed E-state index contributed by atoms with van der Waals surface area (Å²) >= 11 is 5.86. The van der Waals surface area contributed by atoms with E-state index in [2.05, 4.69) is 6.07 Å². The third-order valence-electron chi connectivity index (χ3n) is 4.52. The molecule has 0 bridgehead atoms. The van der Waals surface area contributed by atoms with Crippen LogP contribution in [0.15, 0.2) is 77.2 Å². The van der Waals surface area contributed by atoms with E-state index >= 15 is 0 Å². The molecule has 0 aliphatic rings. The quantitative estimate of drug-likeness (QED) is 0.216. The highest BCUT2D eigenvalue weighted by Crippen LogP contribution is 2.32. The van der Waals surface area contributed by atoms with Crippen molar-refractivity contribution in [1.29, 1.82) is 5.26 Å². The van der Waals surface area contributed by atoms with Crippen LogP contribution in [-0.2, 0) is 0 Å². The van der Waals surface area contributed by atoms with E-state index in [1.807, 2.05) is 42.5 Å². The predicted octanol–water partition coefficient (Wildman–Crippen LogP) is 6.73. The first kappa shape index (κ1) is 18.5. The van der Waals surface area contributed by atoms with Crippen LogP contribution < -0.4 is 0 Å². The molecule has 0 unspecified atom stereocenters. The molecule has 4 rings (SSSR count). The SMILES string of the molecule is N#CC(=Cc1ccc(-c2ccc(Cl)c([N+](=O)[O-])c2)o1)c1ccc2ccccc2c1. The van der Waals surface area contributed by atoms with Gasteiger partial charge < -0.3 is 4.42 Å². The lowest BCUT2D eigenvalue weighted by atomic mass is 10.0. The Morgan fingerprint density at radius 2 is 1.83 bits per heavy atom. The lowest BCUT2D eigenvalue weighted by Gasteiger charge is -2.02. The van der Waals surface area contributed by atoms with Gasteiger partial charge in [0.25, 0.3) is 5.69 Å². The van der Waals surface area contributed by atoms with Crippen LogP contribution >= 0.6 is 11.6 Å². The molecule has 4 aromatic rings. The number of hydrogen-bond donors (Lipinski definition) is 0. The molecule has 0 radical (unpaired) electrons. The number of benzene rings is 3. The van der Waals surface area contributed by atoms with Crippen molar-refractivity contribution < 1.29 is 9.34 Å². The van der Waals surface area contributed by atoms with Crippen LogP contribution in [0.2, 0.25) is 5.02 Å². The third kappa shape index (κ3) is 3.75. The lowest BCUT2D eigenvalue weighted by molar-refractivity contribution is -0.384. The molecule has 5 nitrogen and oxygen atoms in total. The molecule has 3 aromatic carbocycles. The first-order valence-corrected chi connectivity index (χ1v) is 9.08. The van der Waals surface area contributed by atoms with Crippen LogP contribution in [-0.4, -0.2) is 4.92 Å². The van der Waals surface area contributed by atoms with Crippen molar-refractivity contribution >= 4 is 39.7 Å². The number of allylic oxidation sites excluding steroid dienone is 1. The Morgan fingerprint density at radius 1 is 1.03 bits per heavy atom. The highest BCUT2D eigenvalue weighted by atomic mass is 35.5. The molecule has 1 heterocycles. The molecule has 29 heavy (non-hydrogen) atoms. The van der Waals surface area contributed by atoms with Crippen LogP contribution in [0.25, 0.3) is 33.7 Å². The zero-order valence-corrected chi connectivity index (χ0v) is 15.8. The summed E-state index contributed by atoms with van der Waals surface area (Å²) in [5.74, 6) is 0.925. The van der Waals surface area contributed by atoms with Gasteiger partial charge in [-0.25, -0.2) is 0 Å². The van der Waals surface area contributed by atoms with Crippen LogP contribution in [0.3, 0.4) is 0 Å². The number of rotatable bonds is 4. The average molecular weight is 401 g/mol. The largest absolute Gasteiger partial charge is 0.457 e. The van der Waals surface area contributed by atoms with Gasteiger partial charge in [0, 0.05) is 11.6 Å². The van der Waals surface area contributed by atoms with E-state index in [0.717, 1.165) is 16.3 Å². The molecule has 0 aliphatic heterocycles. The van der Waals surface area contributed by atoms with Gasteiger partial charge in [0.1, 0.15) is 16.5 Å². The van der Waals surface area contributed by atoms with E-state index in [0.29, 0.717) is 22.7 Å². The van der Waals surface area contributed by atoms with E-state index in [4.69, 9.17) is 16.0 Å². The summed E-state index contributed by atoms with van der Waals surface area (Å²) in [5, 5.41) is 22.9. The van der Waals surface area contributed by atoms with Crippen molar-refractivity contribution in [1.82, 2.24) is 0 Å². The molecule has 6 heteroatoms. The van der Waals surface area contributed by atoms with Crippen molar-refractivity contribution in [2.75, 3.05) is 0 Å². The number of nitrogens with zero attached hydrogens (tertiary/aromatic N) is 2. The van der Waals surface area contributed by atoms with E-state index in [1.165, 1.54) is 12.1 Å². The summed E-state index contributed by atoms with van der Waals surface area (Å²) in [4.78, 5) is 10.6. The maximum Gasteiger partial charge on any atom is 0.288 e. The first-order valence-electron chi connectivity index (χ1n) is 8.70. The lowest BCUT2D eigenvalue weighted by Crippen LogP contribution is -1.89. The molecule has 0 N–H and O–H groups in total. The van der Waals surface area contributed by atoms with E-state index in [9.17, 15) is 15.4 Å². The Hall–Kier alpha value is -3.88. The molecule has 0 atom stereocenters. The summed E-state index contributed by atoms with van der Waals surface area (Å²) < 4.78 is 5.79. The third-order valence-corrected chi connectivity index (χ3v) is 4.84. The Balaban J connectivity index is 1.69. The number of furan rings is 1. The van der Waals surface area contributed by atoms with E-state index in [1.54, 1.807) is 24.3 Å². The fourth-order valence-electron chi connectivity index (χ4n) is 3.07. The maximum atomic E-state index is 11.1. The summed E-state index contributed by atoms with van der Waals surface area (Å²) in [6.45, 7) is 0. The fourth-order valence-corrected chi connectivity index (χ4v) is 3.26. The minimum absolute atomic E-state index is 0.0634. The van der Waals surface area contributed by atoms with Crippen LogP contribution in [0, 0.1) is 21.4 Å². The van der Waals surface area contributed by atoms with Gasteiger partial charge in [0.05, 0.1) is 16.6 Å². The molecule has 0 spiro atoms. The van der Waals surface area contributed by atoms with Crippen LogP contribution in [0.5, 0.6) is 0 Å². The van der Waals surface area contributed by atoms with Crippen LogP contribution in [0.1, 0.15) is 11.3 Å². The number of nitriles is 1. The minimum atomic E-state index is -0.539.